The number of carboxylic acids is 1. The third-order valence-corrected chi connectivity index (χ3v) is 2.92. The van der Waals surface area contributed by atoms with E-state index in [0.29, 0.717) is 12.0 Å². The van der Waals surface area contributed by atoms with E-state index in [1.807, 2.05) is 0 Å². The van der Waals surface area contributed by atoms with Crippen LogP contribution in [0.2, 0.25) is 5.02 Å². The molecule has 1 atom stereocenters. The van der Waals surface area contributed by atoms with Crippen LogP contribution in [0.3, 0.4) is 0 Å². The average Bonchev–Trinajstić information content (AvgIpc) is 2.39. The van der Waals surface area contributed by atoms with Crippen molar-refractivity contribution in [1.82, 2.24) is 5.32 Å². The summed E-state index contributed by atoms with van der Waals surface area (Å²) in [7, 11) is 0. The second kappa shape index (κ2) is 7.65. The standard InChI is InChI=1S/C14H15ClFNO3/c1-2-10(8-14(19)20)17-13(18)6-4-9-3-5-12(16)11(15)7-9/h3-7,10H,2,8H2,1H3,(H,17,18)(H,19,20)/b6-4+. The summed E-state index contributed by atoms with van der Waals surface area (Å²) in [5.74, 6) is -1.90. The predicted molar refractivity (Wildman–Crippen MR) is 74.9 cm³/mol. The molecular weight excluding hydrogens is 285 g/mol. The Hall–Kier alpha value is -1.88. The van der Waals surface area contributed by atoms with Crippen LogP contribution in [-0.4, -0.2) is 23.0 Å². The molecule has 2 N–H and O–H groups in total. The van der Waals surface area contributed by atoms with Crippen LogP contribution in [0.15, 0.2) is 24.3 Å². The summed E-state index contributed by atoms with van der Waals surface area (Å²) in [5, 5.41) is 11.2. The Labute approximate surface area is 121 Å². The van der Waals surface area contributed by atoms with E-state index in [-0.39, 0.29) is 11.4 Å². The van der Waals surface area contributed by atoms with E-state index >= 15 is 0 Å². The lowest BCUT2D eigenvalue weighted by Crippen LogP contribution is -2.34. The first-order valence-electron chi connectivity index (χ1n) is 6.07. The van der Waals surface area contributed by atoms with E-state index in [0.717, 1.165) is 0 Å². The lowest BCUT2D eigenvalue weighted by atomic mass is 10.1. The second-order valence-electron chi connectivity index (χ2n) is 4.22. The number of carbonyl (C=O) groups is 2. The molecule has 0 saturated carbocycles. The van der Waals surface area contributed by atoms with Gasteiger partial charge in [0.2, 0.25) is 5.91 Å². The molecule has 6 heteroatoms. The van der Waals surface area contributed by atoms with Crippen LogP contribution in [0.5, 0.6) is 0 Å². The molecule has 0 aliphatic rings. The van der Waals surface area contributed by atoms with Crippen LogP contribution in [0.25, 0.3) is 6.08 Å². The van der Waals surface area contributed by atoms with E-state index in [1.165, 1.54) is 30.4 Å². The molecule has 0 bridgehead atoms. The van der Waals surface area contributed by atoms with Crippen LogP contribution >= 0.6 is 11.6 Å². The Morgan fingerprint density at radius 1 is 1.50 bits per heavy atom. The highest BCUT2D eigenvalue weighted by atomic mass is 35.5. The fraction of sp³-hybridized carbons (Fsp3) is 0.286. The molecule has 0 aromatic heterocycles. The molecule has 0 aliphatic carbocycles. The van der Waals surface area contributed by atoms with Crippen molar-refractivity contribution in [2.45, 2.75) is 25.8 Å². The van der Waals surface area contributed by atoms with Crippen LogP contribution < -0.4 is 5.32 Å². The fourth-order valence-electron chi connectivity index (χ4n) is 1.55. The van der Waals surface area contributed by atoms with Crippen LogP contribution in [0, 0.1) is 5.82 Å². The Morgan fingerprint density at radius 2 is 2.20 bits per heavy atom. The molecule has 4 nitrogen and oxygen atoms in total. The van der Waals surface area contributed by atoms with Gasteiger partial charge in [-0.25, -0.2) is 4.39 Å². The zero-order valence-corrected chi connectivity index (χ0v) is 11.7. The largest absolute Gasteiger partial charge is 0.481 e. The monoisotopic (exact) mass is 299 g/mol. The van der Waals surface area contributed by atoms with E-state index < -0.39 is 23.7 Å². The van der Waals surface area contributed by atoms with Gasteiger partial charge in [0.15, 0.2) is 0 Å². The van der Waals surface area contributed by atoms with Crippen LogP contribution in [0.4, 0.5) is 4.39 Å². The van der Waals surface area contributed by atoms with Crippen molar-refractivity contribution in [3.8, 4) is 0 Å². The number of hydrogen-bond acceptors (Lipinski definition) is 2. The minimum Gasteiger partial charge on any atom is -0.481 e. The van der Waals surface area contributed by atoms with Crippen LogP contribution in [-0.2, 0) is 9.59 Å². The molecule has 0 radical (unpaired) electrons. The summed E-state index contributed by atoms with van der Waals surface area (Å²) in [5.41, 5.74) is 0.581. The van der Waals surface area contributed by atoms with Gasteiger partial charge in [0.05, 0.1) is 11.4 Å². The van der Waals surface area contributed by atoms with Gasteiger partial charge in [-0.2, -0.15) is 0 Å². The average molecular weight is 300 g/mol. The first-order chi connectivity index (χ1) is 9.42. The molecule has 1 aromatic rings. The van der Waals surface area contributed by atoms with Crippen molar-refractivity contribution in [2.75, 3.05) is 0 Å². The number of hydrogen-bond donors (Lipinski definition) is 2. The Morgan fingerprint density at radius 3 is 2.75 bits per heavy atom. The third kappa shape index (κ3) is 5.40. The van der Waals surface area contributed by atoms with Gasteiger partial charge in [0.1, 0.15) is 5.82 Å². The molecule has 0 saturated heterocycles. The van der Waals surface area contributed by atoms with Crippen molar-refractivity contribution in [1.29, 1.82) is 0 Å². The Balaban J connectivity index is 2.62. The Kier molecular flexibility index (Phi) is 6.18. The molecule has 0 heterocycles. The number of amides is 1. The lowest BCUT2D eigenvalue weighted by Gasteiger charge is -2.12. The van der Waals surface area contributed by atoms with Gasteiger partial charge in [0, 0.05) is 12.1 Å². The van der Waals surface area contributed by atoms with Crippen molar-refractivity contribution in [3.63, 3.8) is 0 Å². The minimum atomic E-state index is -0.966. The zero-order valence-electron chi connectivity index (χ0n) is 10.9. The van der Waals surface area contributed by atoms with E-state index in [4.69, 9.17) is 16.7 Å². The molecule has 1 aromatic carbocycles. The van der Waals surface area contributed by atoms with Gasteiger partial charge in [-0.1, -0.05) is 24.6 Å². The fourth-order valence-corrected chi connectivity index (χ4v) is 1.73. The molecule has 20 heavy (non-hydrogen) atoms. The SMILES string of the molecule is CCC(CC(=O)O)NC(=O)/C=C/c1ccc(F)c(Cl)c1. The summed E-state index contributed by atoms with van der Waals surface area (Å²) in [4.78, 5) is 22.2. The Bertz CT molecular complexity index is 531. The van der Waals surface area contributed by atoms with Crippen LogP contribution in [0.1, 0.15) is 25.3 Å². The number of carbonyl (C=O) groups excluding carboxylic acids is 1. The number of aliphatic carboxylic acids is 1. The predicted octanol–water partition coefficient (Wildman–Crippen LogP) is 2.86. The maximum Gasteiger partial charge on any atom is 0.305 e. The highest BCUT2D eigenvalue weighted by molar-refractivity contribution is 6.30. The van der Waals surface area contributed by atoms with Gasteiger partial charge in [-0.15, -0.1) is 0 Å². The van der Waals surface area contributed by atoms with Gasteiger partial charge >= 0.3 is 5.97 Å². The number of benzene rings is 1. The molecule has 108 valence electrons. The second-order valence-corrected chi connectivity index (χ2v) is 4.63. The molecular formula is C14H15ClFNO3. The molecule has 0 aliphatic heterocycles. The molecule has 1 amide bonds. The van der Waals surface area contributed by atoms with Crippen molar-refractivity contribution >= 4 is 29.6 Å². The van der Waals surface area contributed by atoms with E-state index in [1.54, 1.807) is 6.92 Å². The summed E-state index contributed by atoms with van der Waals surface area (Å²) < 4.78 is 12.9. The maximum absolute atomic E-state index is 12.9. The van der Waals surface area contributed by atoms with E-state index in [9.17, 15) is 14.0 Å². The molecule has 0 spiro atoms. The summed E-state index contributed by atoms with van der Waals surface area (Å²) in [6.45, 7) is 1.79. The quantitative estimate of drug-likeness (QED) is 0.794. The van der Waals surface area contributed by atoms with Crippen molar-refractivity contribution < 1.29 is 19.1 Å². The summed E-state index contributed by atoms with van der Waals surface area (Å²) in [6.07, 6.45) is 3.13. The van der Waals surface area contributed by atoms with E-state index in [2.05, 4.69) is 5.32 Å². The van der Waals surface area contributed by atoms with Gasteiger partial charge < -0.3 is 10.4 Å². The number of nitrogens with one attached hydrogen (secondary N) is 1. The van der Waals surface area contributed by atoms with Gasteiger partial charge in [-0.05, 0) is 30.2 Å². The highest BCUT2D eigenvalue weighted by Crippen LogP contribution is 2.16. The van der Waals surface area contributed by atoms with Gasteiger partial charge in [-0.3, -0.25) is 9.59 Å². The smallest absolute Gasteiger partial charge is 0.305 e. The zero-order chi connectivity index (χ0) is 15.1. The topological polar surface area (TPSA) is 66.4 Å². The first-order valence-corrected chi connectivity index (χ1v) is 6.45. The number of halogens is 2. The third-order valence-electron chi connectivity index (χ3n) is 2.63. The summed E-state index contributed by atoms with van der Waals surface area (Å²) in [6, 6.07) is 3.68. The molecule has 1 rings (SSSR count). The first kappa shape index (κ1) is 16.2. The van der Waals surface area contributed by atoms with Crippen molar-refractivity contribution in [3.05, 3.63) is 40.7 Å². The normalized spacial score (nSPS) is 12.3. The lowest BCUT2D eigenvalue weighted by molar-refractivity contribution is -0.137. The molecule has 1 unspecified atom stereocenters. The minimum absolute atomic E-state index is 0.0233. The number of rotatable bonds is 6. The van der Waals surface area contributed by atoms with Crippen molar-refractivity contribution in [2.24, 2.45) is 0 Å². The maximum atomic E-state index is 12.9. The number of carboxylic acid groups (broad SMARTS) is 1. The summed E-state index contributed by atoms with van der Waals surface area (Å²) >= 11 is 5.62. The van der Waals surface area contributed by atoms with Gasteiger partial charge in [0.25, 0.3) is 0 Å². The molecule has 0 fully saturated rings. The highest BCUT2D eigenvalue weighted by Gasteiger charge is 2.12.